The maximum atomic E-state index is 13.1. The molecule has 0 aromatic heterocycles. The Morgan fingerprint density at radius 2 is 1.91 bits per heavy atom. The van der Waals surface area contributed by atoms with Crippen LogP contribution in [0.2, 0.25) is 0 Å². The molecular formula is C13H16F3NO4S. The molecule has 0 saturated carbocycles. The summed E-state index contributed by atoms with van der Waals surface area (Å²) in [4.78, 5) is 0. The Labute approximate surface area is 126 Å². The highest BCUT2D eigenvalue weighted by Crippen LogP contribution is 2.33. The van der Waals surface area contributed by atoms with E-state index < -0.39 is 34.1 Å². The maximum Gasteiger partial charge on any atom is 0.408 e. The normalized spacial score (nSPS) is 21.5. The van der Waals surface area contributed by atoms with Crippen molar-refractivity contribution in [2.24, 2.45) is 0 Å². The summed E-state index contributed by atoms with van der Waals surface area (Å²) >= 11 is 0. The number of halogens is 3. The zero-order valence-corrected chi connectivity index (χ0v) is 12.4. The van der Waals surface area contributed by atoms with Gasteiger partial charge in [-0.1, -0.05) is 30.3 Å². The number of benzene rings is 1. The van der Waals surface area contributed by atoms with Crippen LogP contribution in [0.15, 0.2) is 30.3 Å². The van der Waals surface area contributed by atoms with Crippen LogP contribution in [0.4, 0.5) is 13.2 Å². The lowest BCUT2D eigenvalue weighted by Gasteiger charge is -2.25. The minimum Gasteiger partial charge on any atom is -0.376 e. The summed E-state index contributed by atoms with van der Waals surface area (Å²) < 4.78 is 75.3. The third-order valence-corrected chi connectivity index (χ3v) is 4.45. The van der Waals surface area contributed by atoms with E-state index in [4.69, 9.17) is 9.47 Å². The fourth-order valence-electron chi connectivity index (χ4n) is 2.07. The average molecular weight is 339 g/mol. The van der Waals surface area contributed by atoms with Gasteiger partial charge in [0.25, 0.3) is 0 Å². The lowest BCUT2D eigenvalue weighted by Crippen LogP contribution is -2.43. The summed E-state index contributed by atoms with van der Waals surface area (Å²) in [6, 6.07) is 4.55. The molecule has 1 N–H and O–H groups in total. The molecule has 1 aromatic rings. The van der Waals surface area contributed by atoms with Gasteiger partial charge in [-0.3, -0.25) is 0 Å². The number of hydrogen-bond acceptors (Lipinski definition) is 4. The molecule has 9 heteroatoms. The molecule has 22 heavy (non-hydrogen) atoms. The van der Waals surface area contributed by atoms with Crippen molar-refractivity contribution >= 4 is 10.0 Å². The molecule has 5 nitrogen and oxygen atoms in total. The fourth-order valence-corrected chi connectivity index (χ4v) is 3.48. The van der Waals surface area contributed by atoms with Gasteiger partial charge in [0, 0.05) is 0 Å². The third kappa shape index (κ3) is 4.94. The highest BCUT2D eigenvalue weighted by atomic mass is 32.2. The Morgan fingerprint density at radius 3 is 2.45 bits per heavy atom. The smallest absolute Gasteiger partial charge is 0.376 e. The van der Waals surface area contributed by atoms with Crippen LogP contribution in [0, 0.1) is 0 Å². The molecule has 2 rings (SSSR count). The molecule has 1 heterocycles. The van der Waals surface area contributed by atoms with E-state index >= 15 is 0 Å². The summed E-state index contributed by atoms with van der Waals surface area (Å²) in [6.45, 7) is 0.615. The van der Waals surface area contributed by atoms with Gasteiger partial charge in [-0.2, -0.15) is 17.9 Å². The SMILES string of the molecule is O=S(=O)(CC1COCCO1)NC(c1ccccc1)C(F)(F)F. The topological polar surface area (TPSA) is 64.6 Å². The van der Waals surface area contributed by atoms with Crippen LogP contribution >= 0.6 is 0 Å². The second-order valence-corrected chi connectivity index (χ2v) is 6.65. The van der Waals surface area contributed by atoms with E-state index in [0.717, 1.165) is 0 Å². The number of sulfonamides is 1. The van der Waals surface area contributed by atoms with Crippen molar-refractivity contribution in [2.45, 2.75) is 18.3 Å². The molecule has 0 bridgehead atoms. The van der Waals surface area contributed by atoms with Crippen LogP contribution in [-0.4, -0.2) is 46.3 Å². The molecule has 1 aliphatic heterocycles. The first kappa shape index (κ1) is 17.2. The van der Waals surface area contributed by atoms with Crippen molar-refractivity contribution in [1.29, 1.82) is 0 Å². The molecule has 1 aromatic carbocycles. The van der Waals surface area contributed by atoms with Gasteiger partial charge in [0.2, 0.25) is 10.0 Å². The van der Waals surface area contributed by atoms with Gasteiger partial charge in [0.1, 0.15) is 6.04 Å². The van der Waals surface area contributed by atoms with Gasteiger partial charge in [-0.25, -0.2) is 8.42 Å². The standard InChI is InChI=1S/C13H16F3NO4S/c14-13(15,16)12(10-4-2-1-3-5-10)17-22(18,19)9-11-8-20-6-7-21-11/h1-5,11-12,17H,6-9H2. The number of rotatable bonds is 5. The number of ether oxygens (including phenoxy) is 2. The molecule has 0 aliphatic carbocycles. The van der Waals surface area contributed by atoms with Crippen molar-refractivity contribution in [3.63, 3.8) is 0 Å². The maximum absolute atomic E-state index is 13.1. The van der Waals surface area contributed by atoms with E-state index in [2.05, 4.69) is 0 Å². The second-order valence-electron chi connectivity index (χ2n) is 4.85. The summed E-state index contributed by atoms with van der Waals surface area (Å²) in [5, 5.41) is 0. The zero-order valence-electron chi connectivity index (χ0n) is 11.5. The van der Waals surface area contributed by atoms with E-state index in [1.807, 2.05) is 0 Å². The molecule has 1 saturated heterocycles. The predicted octanol–water partition coefficient (Wildman–Crippen LogP) is 1.62. The van der Waals surface area contributed by atoms with Crippen molar-refractivity contribution in [1.82, 2.24) is 4.72 Å². The zero-order chi connectivity index (χ0) is 16.2. The van der Waals surface area contributed by atoms with Gasteiger partial charge >= 0.3 is 6.18 Å². The Hall–Kier alpha value is -1.16. The predicted molar refractivity (Wildman–Crippen MR) is 72.7 cm³/mol. The van der Waals surface area contributed by atoms with Crippen LogP contribution < -0.4 is 4.72 Å². The largest absolute Gasteiger partial charge is 0.408 e. The van der Waals surface area contributed by atoms with E-state index in [1.54, 1.807) is 10.8 Å². The molecule has 2 unspecified atom stereocenters. The van der Waals surface area contributed by atoms with Gasteiger partial charge in [0.05, 0.1) is 31.7 Å². The number of alkyl halides is 3. The first-order valence-electron chi connectivity index (χ1n) is 6.59. The number of nitrogens with one attached hydrogen (secondary N) is 1. The van der Waals surface area contributed by atoms with E-state index in [-0.39, 0.29) is 18.8 Å². The molecule has 2 atom stereocenters. The minimum absolute atomic E-state index is 0.0446. The van der Waals surface area contributed by atoms with E-state index in [1.165, 1.54) is 24.3 Å². The highest BCUT2D eigenvalue weighted by Gasteiger charge is 2.43. The van der Waals surface area contributed by atoms with Crippen molar-refractivity contribution in [3.05, 3.63) is 35.9 Å². The summed E-state index contributed by atoms with van der Waals surface area (Å²) in [6.07, 6.45) is -5.51. The molecular weight excluding hydrogens is 323 g/mol. The fraction of sp³-hybridized carbons (Fsp3) is 0.538. The molecule has 0 amide bonds. The molecule has 1 aliphatic rings. The Morgan fingerprint density at radius 1 is 1.23 bits per heavy atom. The van der Waals surface area contributed by atoms with Crippen molar-refractivity contribution in [3.8, 4) is 0 Å². The summed E-state index contributed by atoms with van der Waals surface area (Å²) in [5.41, 5.74) is -0.167. The summed E-state index contributed by atoms with van der Waals surface area (Å²) in [5.74, 6) is -0.577. The molecule has 0 radical (unpaired) electrons. The van der Waals surface area contributed by atoms with Gasteiger partial charge in [-0.15, -0.1) is 0 Å². The van der Waals surface area contributed by atoms with Crippen molar-refractivity contribution < 1.29 is 31.1 Å². The lowest BCUT2D eigenvalue weighted by molar-refractivity contribution is -0.153. The van der Waals surface area contributed by atoms with Crippen LogP contribution in [0.25, 0.3) is 0 Å². The van der Waals surface area contributed by atoms with E-state index in [9.17, 15) is 21.6 Å². The van der Waals surface area contributed by atoms with Crippen LogP contribution in [-0.2, 0) is 19.5 Å². The van der Waals surface area contributed by atoms with Crippen LogP contribution in [0.3, 0.4) is 0 Å². The van der Waals surface area contributed by atoms with Crippen LogP contribution in [0.1, 0.15) is 11.6 Å². The van der Waals surface area contributed by atoms with Gasteiger partial charge in [0.15, 0.2) is 0 Å². The molecule has 0 spiro atoms. The highest BCUT2D eigenvalue weighted by molar-refractivity contribution is 7.89. The Kier molecular flexibility index (Phi) is 5.43. The monoisotopic (exact) mass is 339 g/mol. The lowest BCUT2D eigenvalue weighted by atomic mass is 10.1. The molecule has 124 valence electrons. The van der Waals surface area contributed by atoms with Gasteiger partial charge < -0.3 is 9.47 Å². The first-order chi connectivity index (χ1) is 10.3. The molecule has 1 fully saturated rings. The van der Waals surface area contributed by atoms with Crippen LogP contribution in [0.5, 0.6) is 0 Å². The third-order valence-electron chi connectivity index (χ3n) is 3.05. The Balaban J connectivity index is 2.12. The summed E-state index contributed by atoms with van der Waals surface area (Å²) in [7, 11) is -4.19. The Bertz CT molecular complexity index is 571. The second kappa shape index (κ2) is 6.95. The minimum atomic E-state index is -4.74. The average Bonchev–Trinajstić information content (AvgIpc) is 2.45. The quantitative estimate of drug-likeness (QED) is 0.885. The van der Waals surface area contributed by atoms with Crippen molar-refractivity contribution in [2.75, 3.05) is 25.6 Å². The number of hydrogen-bond donors (Lipinski definition) is 1. The van der Waals surface area contributed by atoms with Gasteiger partial charge in [-0.05, 0) is 5.56 Å². The van der Waals surface area contributed by atoms with E-state index in [0.29, 0.717) is 6.61 Å². The first-order valence-corrected chi connectivity index (χ1v) is 8.24.